The van der Waals surface area contributed by atoms with Crippen molar-refractivity contribution in [1.29, 1.82) is 0 Å². The van der Waals surface area contributed by atoms with Crippen LogP contribution in [0.15, 0.2) is 41.0 Å². The highest BCUT2D eigenvalue weighted by Gasteiger charge is 2.15. The van der Waals surface area contributed by atoms with Crippen LogP contribution in [0.1, 0.15) is 5.56 Å². The molecule has 26 heavy (non-hydrogen) atoms. The first-order valence-corrected chi connectivity index (χ1v) is 10.0. The smallest absolute Gasteiger partial charge is 0.233 e. The third-order valence-corrected chi connectivity index (χ3v) is 6.01. The predicted octanol–water partition coefficient (Wildman–Crippen LogP) is 3.21. The number of hydrogen-bond donors (Lipinski definition) is 0. The van der Waals surface area contributed by atoms with Crippen LogP contribution in [-0.2, 0) is 11.3 Å². The lowest BCUT2D eigenvalue weighted by Gasteiger charge is -2.21. The summed E-state index contributed by atoms with van der Waals surface area (Å²) in [5.74, 6) is 1.89. The predicted molar refractivity (Wildman–Crippen MR) is 102 cm³/mol. The minimum Gasteiger partial charge on any atom is -0.486 e. The Morgan fingerprint density at radius 2 is 2.08 bits per heavy atom. The standard InChI is InChI=1S/C18H17N3O3S2/c1-21(9-12-2-3-14-15(8-12)24-6-5-23-14)16(22)10-26-18-17-13(4-7-25-17)19-11-20-18/h2-4,7-8,11H,5-6,9-10H2,1H3. The zero-order chi connectivity index (χ0) is 17.9. The molecule has 8 heteroatoms. The molecule has 0 atom stereocenters. The van der Waals surface area contributed by atoms with Crippen molar-refractivity contribution in [3.05, 3.63) is 41.5 Å². The van der Waals surface area contributed by atoms with Crippen molar-refractivity contribution in [2.24, 2.45) is 0 Å². The molecule has 1 aliphatic heterocycles. The van der Waals surface area contributed by atoms with E-state index in [1.54, 1.807) is 29.6 Å². The number of ether oxygens (including phenoxy) is 2. The van der Waals surface area contributed by atoms with Crippen LogP contribution in [0.25, 0.3) is 10.2 Å². The number of rotatable bonds is 5. The molecule has 1 aliphatic rings. The van der Waals surface area contributed by atoms with Crippen molar-refractivity contribution >= 4 is 39.2 Å². The SMILES string of the molecule is CN(Cc1ccc2c(c1)OCCO2)C(=O)CSc1ncnc2ccsc12. The molecule has 0 spiro atoms. The van der Waals surface area contributed by atoms with Crippen LogP contribution in [0, 0.1) is 0 Å². The second kappa shape index (κ2) is 7.51. The summed E-state index contributed by atoms with van der Waals surface area (Å²) in [5.41, 5.74) is 1.93. The Hall–Kier alpha value is -2.32. The highest BCUT2D eigenvalue weighted by atomic mass is 32.2. The van der Waals surface area contributed by atoms with Gasteiger partial charge in [-0.25, -0.2) is 9.97 Å². The molecule has 0 aliphatic carbocycles. The maximum atomic E-state index is 12.5. The summed E-state index contributed by atoms with van der Waals surface area (Å²) >= 11 is 3.04. The molecule has 3 heterocycles. The first-order valence-electron chi connectivity index (χ1n) is 8.14. The molecule has 6 nitrogen and oxygen atoms in total. The van der Waals surface area contributed by atoms with E-state index in [1.807, 2.05) is 29.6 Å². The molecular formula is C18H17N3O3S2. The number of benzene rings is 1. The fourth-order valence-electron chi connectivity index (χ4n) is 2.66. The number of thioether (sulfide) groups is 1. The van der Waals surface area contributed by atoms with Gasteiger partial charge in [-0.3, -0.25) is 4.79 Å². The van der Waals surface area contributed by atoms with Crippen LogP contribution in [-0.4, -0.2) is 46.8 Å². The minimum absolute atomic E-state index is 0.0493. The van der Waals surface area contributed by atoms with Gasteiger partial charge in [0.2, 0.25) is 5.91 Å². The summed E-state index contributed by atoms with van der Waals surface area (Å²) in [6.45, 7) is 1.65. The van der Waals surface area contributed by atoms with Gasteiger partial charge in [-0.2, -0.15) is 0 Å². The van der Waals surface area contributed by atoms with Crippen molar-refractivity contribution in [1.82, 2.24) is 14.9 Å². The fourth-order valence-corrected chi connectivity index (χ4v) is 4.54. The van der Waals surface area contributed by atoms with Crippen LogP contribution in [0.2, 0.25) is 0 Å². The molecule has 0 fully saturated rings. The van der Waals surface area contributed by atoms with E-state index in [0.29, 0.717) is 25.5 Å². The molecular weight excluding hydrogens is 370 g/mol. The normalized spacial score (nSPS) is 13.0. The lowest BCUT2D eigenvalue weighted by Crippen LogP contribution is -2.28. The molecule has 0 N–H and O–H groups in total. The molecule has 2 aromatic heterocycles. The molecule has 0 saturated carbocycles. The Bertz CT molecular complexity index is 944. The van der Waals surface area contributed by atoms with Gasteiger partial charge in [0.1, 0.15) is 24.6 Å². The molecule has 1 aromatic carbocycles. The van der Waals surface area contributed by atoms with Crippen molar-refractivity contribution in [2.45, 2.75) is 11.6 Å². The summed E-state index contributed by atoms with van der Waals surface area (Å²) in [6, 6.07) is 7.75. The van der Waals surface area contributed by atoms with Crippen molar-refractivity contribution in [3.8, 4) is 11.5 Å². The quantitative estimate of drug-likeness (QED) is 0.495. The van der Waals surface area contributed by atoms with E-state index in [0.717, 1.165) is 32.3 Å². The van der Waals surface area contributed by atoms with Gasteiger partial charge >= 0.3 is 0 Å². The van der Waals surface area contributed by atoms with Crippen molar-refractivity contribution < 1.29 is 14.3 Å². The number of thiophene rings is 1. The van der Waals surface area contributed by atoms with E-state index in [9.17, 15) is 4.79 Å². The second-order valence-corrected chi connectivity index (χ2v) is 7.71. The van der Waals surface area contributed by atoms with Gasteiger partial charge in [0.15, 0.2) is 11.5 Å². The Morgan fingerprint density at radius 3 is 2.96 bits per heavy atom. The first kappa shape index (κ1) is 17.1. The highest BCUT2D eigenvalue weighted by molar-refractivity contribution is 8.00. The molecule has 0 radical (unpaired) electrons. The molecule has 3 aromatic rings. The Labute approximate surface area is 159 Å². The third kappa shape index (κ3) is 3.61. The summed E-state index contributed by atoms with van der Waals surface area (Å²) in [6.07, 6.45) is 1.54. The zero-order valence-electron chi connectivity index (χ0n) is 14.2. The molecule has 4 rings (SSSR count). The minimum atomic E-state index is 0.0493. The van der Waals surface area contributed by atoms with Crippen LogP contribution >= 0.6 is 23.1 Å². The number of nitrogens with zero attached hydrogens (tertiary/aromatic N) is 3. The second-order valence-electron chi connectivity index (χ2n) is 5.83. The third-order valence-electron chi connectivity index (χ3n) is 3.99. The van der Waals surface area contributed by atoms with E-state index < -0.39 is 0 Å². The van der Waals surface area contributed by atoms with E-state index in [4.69, 9.17) is 9.47 Å². The zero-order valence-corrected chi connectivity index (χ0v) is 15.8. The van der Waals surface area contributed by atoms with Crippen LogP contribution in [0.3, 0.4) is 0 Å². The maximum absolute atomic E-state index is 12.5. The van der Waals surface area contributed by atoms with Gasteiger partial charge in [0.25, 0.3) is 0 Å². The molecule has 0 saturated heterocycles. The summed E-state index contributed by atoms with van der Waals surface area (Å²) in [5, 5.41) is 2.84. The van der Waals surface area contributed by atoms with Crippen LogP contribution in [0.4, 0.5) is 0 Å². The van der Waals surface area contributed by atoms with Gasteiger partial charge in [0, 0.05) is 13.6 Å². The highest BCUT2D eigenvalue weighted by Crippen LogP contribution is 2.31. The number of fused-ring (bicyclic) bond motifs is 2. The van der Waals surface area contributed by atoms with E-state index in [1.165, 1.54) is 11.8 Å². The molecule has 0 unspecified atom stereocenters. The maximum Gasteiger partial charge on any atom is 0.233 e. The van der Waals surface area contributed by atoms with Gasteiger partial charge in [-0.1, -0.05) is 17.8 Å². The lowest BCUT2D eigenvalue weighted by atomic mass is 10.2. The van der Waals surface area contributed by atoms with Gasteiger partial charge in [0.05, 0.1) is 16.0 Å². The van der Waals surface area contributed by atoms with Crippen LogP contribution < -0.4 is 9.47 Å². The average molecular weight is 387 g/mol. The van der Waals surface area contributed by atoms with Crippen molar-refractivity contribution in [2.75, 3.05) is 26.0 Å². The Balaban J connectivity index is 1.38. The van der Waals surface area contributed by atoms with E-state index >= 15 is 0 Å². The Kier molecular flexibility index (Phi) is 4.94. The van der Waals surface area contributed by atoms with E-state index in [2.05, 4.69) is 9.97 Å². The van der Waals surface area contributed by atoms with Gasteiger partial charge < -0.3 is 14.4 Å². The summed E-state index contributed by atoms with van der Waals surface area (Å²) in [4.78, 5) is 22.7. The average Bonchev–Trinajstić information content (AvgIpc) is 3.15. The lowest BCUT2D eigenvalue weighted by molar-refractivity contribution is -0.127. The number of hydrogen-bond acceptors (Lipinski definition) is 7. The molecule has 134 valence electrons. The molecule has 0 bridgehead atoms. The topological polar surface area (TPSA) is 64.6 Å². The van der Waals surface area contributed by atoms with E-state index in [-0.39, 0.29) is 5.91 Å². The largest absolute Gasteiger partial charge is 0.486 e. The Morgan fingerprint density at radius 1 is 1.23 bits per heavy atom. The first-order chi connectivity index (χ1) is 12.7. The van der Waals surface area contributed by atoms with Gasteiger partial charge in [-0.05, 0) is 29.1 Å². The van der Waals surface area contributed by atoms with Crippen molar-refractivity contribution in [3.63, 3.8) is 0 Å². The van der Waals surface area contributed by atoms with Crippen LogP contribution in [0.5, 0.6) is 11.5 Å². The number of carbonyl (C=O) groups excluding carboxylic acids is 1. The summed E-state index contributed by atoms with van der Waals surface area (Å²) in [7, 11) is 1.81. The fraction of sp³-hybridized carbons (Fsp3) is 0.278. The number of amides is 1. The monoisotopic (exact) mass is 387 g/mol. The molecule has 1 amide bonds. The van der Waals surface area contributed by atoms with Gasteiger partial charge in [-0.15, -0.1) is 11.3 Å². The summed E-state index contributed by atoms with van der Waals surface area (Å²) < 4.78 is 12.2. The number of aromatic nitrogens is 2. The number of carbonyl (C=O) groups is 1.